The van der Waals surface area contributed by atoms with Gasteiger partial charge in [-0.1, -0.05) is 11.6 Å². The van der Waals surface area contributed by atoms with Crippen molar-refractivity contribution < 1.29 is 8.94 Å². The van der Waals surface area contributed by atoms with Crippen LogP contribution in [0, 0.1) is 0 Å². The topological polar surface area (TPSA) is 78.8 Å². The lowest BCUT2D eigenvalue weighted by Crippen LogP contribution is -2.44. The molecule has 3 heterocycles. The van der Waals surface area contributed by atoms with Gasteiger partial charge >= 0.3 is 0 Å². The Labute approximate surface area is 171 Å². The molecule has 0 saturated carbocycles. The van der Waals surface area contributed by atoms with Crippen molar-refractivity contribution in [2.45, 2.75) is 38.8 Å². The number of piperidine rings is 1. The van der Waals surface area contributed by atoms with Crippen molar-refractivity contribution in [3.8, 4) is 0 Å². The molecular weight excluding hydrogens is 445 g/mol. The number of hydrogen-bond acceptors (Lipinski definition) is 5. The minimum atomic E-state index is 0. The number of halogens is 1. The zero-order chi connectivity index (χ0) is 17.3. The maximum absolute atomic E-state index is 5.70. The molecule has 0 aromatic carbocycles. The van der Waals surface area contributed by atoms with Crippen LogP contribution < -0.4 is 10.6 Å². The van der Waals surface area contributed by atoms with E-state index in [2.05, 4.69) is 38.7 Å². The molecule has 0 spiro atoms. The van der Waals surface area contributed by atoms with E-state index in [4.69, 9.17) is 8.94 Å². The number of nitrogens with one attached hydrogen (secondary N) is 2. The molecule has 0 radical (unpaired) electrons. The number of likely N-dealkylation sites (tertiary alicyclic amines) is 1. The summed E-state index contributed by atoms with van der Waals surface area (Å²) < 4.78 is 10.5. The first kappa shape index (κ1) is 20.8. The van der Waals surface area contributed by atoms with Gasteiger partial charge in [-0.05, 0) is 45.0 Å². The number of aromatic nitrogens is 1. The predicted octanol–water partition coefficient (Wildman–Crippen LogP) is 3.17. The van der Waals surface area contributed by atoms with Gasteiger partial charge in [0.05, 0.1) is 18.8 Å². The zero-order valence-electron chi connectivity index (χ0n) is 15.2. The van der Waals surface area contributed by atoms with E-state index in [-0.39, 0.29) is 30.0 Å². The number of rotatable bonds is 7. The van der Waals surface area contributed by atoms with E-state index in [0.29, 0.717) is 6.54 Å². The van der Waals surface area contributed by atoms with Crippen LogP contribution in [0.3, 0.4) is 0 Å². The van der Waals surface area contributed by atoms with Gasteiger partial charge < -0.3 is 19.6 Å². The van der Waals surface area contributed by atoms with E-state index in [1.54, 1.807) is 12.5 Å². The van der Waals surface area contributed by atoms with E-state index >= 15 is 0 Å². The summed E-state index contributed by atoms with van der Waals surface area (Å²) in [7, 11) is 0. The Hall–Kier alpha value is -1.55. The number of guanidine groups is 1. The third-order valence-corrected chi connectivity index (χ3v) is 4.40. The van der Waals surface area contributed by atoms with Gasteiger partial charge in [0.25, 0.3) is 0 Å². The average molecular weight is 473 g/mol. The van der Waals surface area contributed by atoms with Crippen molar-refractivity contribution in [3.63, 3.8) is 0 Å². The third kappa shape index (κ3) is 6.01. The quantitative estimate of drug-likeness (QED) is 0.366. The molecule has 1 saturated heterocycles. The SMILES string of the molecule is CCNC(=NCc1ccon1)NCC(c1ccco1)N1CCCCC1.I. The van der Waals surface area contributed by atoms with Crippen LogP contribution >= 0.6 is 24.0 Å². The van der Waals surface area contributed by atoms with Crippen molar-refractivity contribution in [2.75, 3.05) is 26.2 Å². The molecule has 1 fully saturated rings. The Kier molecular flexibility index (Phi) is 8.96. The summed E-state index contributed by atoms with van der Waals surface area (Å²) in [6.45, 7) is 6.32. The summed E-state index contributed by atoms with van der Waals surface area (Å²) in [5.74, 6) is 1.78. The zero-order valence-corrected chi connectivity index (χ0v) is 17.5. The molecule has 2 aromatic heterocycles. The molecule has 0 amide bonds. The smallest absolute Gasteiger partial charge is 0.191 e. The van der Waals surface area contributed by atoms with Crippen LogP contribution in [0.2, 0.25) is 0 Å². The molecule has 1 aliphatic rings. The van der Waals surface area contributed by atoms with Crippen LogP contribution in [0.25, 0.3) is 0 Å². The van der Waals surface area contributed by atoms with Crippen molar-refractivity contribution >= 4 is 29.9 Å². The van der Waals surface area contributed by atoms with Gasteiger partial charge in [0.2, 0.25) is 0 Å². The average Bonchev–Trinajstić information content (AvgIpc) is 3.35. The van der Waals surface area contributed by atoms with Gasteiger partial charge in [-0.3, -0.25) is 4.90 Å². The van der Waals surface area contributed by atoms with Crippen LogP contribution in [0.5, 0.6) is 0 Å². The lowest BCUT2D eigenvalue weighted by molar-refractivity contribution is 0.146. The van der Waals surface area contributed by atoms with Crippen LogP contribution in [-0.2, 0) is 6.54 Å². The molecule has 1 aliphatic heterocycles. The lowest BCUT2D eigenvalue weighted by Gasteiger charge is -2.33. The summed E-state index contributed by atoms with van der Waals surface area (Å²) in [5.41, 5.74) is 0.816. The fraction of sp³-hybridized carbons (Fsp3) is 0.556. The standard InChI is InChI=1S/C18H27N5O2.HI/c1-2-19-18(20-13-15-8-12-25-22-15)21-14-16(17-7-6-11-24-17)23-9-4-3-5-10-23;/h6-8,11-12,16H,2-5,9-10,13-14H2,1H3,(H2,19,20,21);1H. The van der Waals surface area contributed by atoms with E-state index in [1.165, 1.54) is 19.3 Å². The van der Waals surface area contributed by atoms with Gasteiger partial charge in [-0.15, -0.1) is 24.0 Å². The van der Waals surface area contributed by atoms with Crippen molar-refractivity contribution in [3.05, 3.63) is 42.2 Å². The first-order valence-corrected chi connectivity index (χ1v) is 9.05. The molecule has 0 aliphatic carbocycles. The first-order valence-electron chi connectivity index (χ1n) is 9.05. The summed E-state index contributed by atoms with van der Waals surface area (Å²) in [6.07, 6.45) is 7.12. The fourth-order valence-electron chi connectivity index (χ4n) is 3.13. The monoisotopic (exact) mass is 473 g/mol. The first-order chi connectivity index (χ1) is 12.4. The molecule has 7 nitrogen and oxygen atoms in total. The van der Waals surface area contributed by atoms with Gasteiger partial charge in [0, 0.05) is 19.2 Å². The van der Waals surface area contributed by atoms with Gasteiger partial charge in [0.1, 0.15) is 17.7 Å². The summed E-state index contributed by atoms with van der Waals surface area (Å²) in [6, 6.07) is 6.05. The van der Waals surface area contributed by atoms with Gasteiger partial charge in [0.15, 0.2) is 5.96 Å². The number of furan rings is 1. The van der Waals surface area contributed by atoms with Crippen LogP contribution in [-0.4, -0.2) is 42.2 Å². The fourth-order valence-corrected chi connectivity index (χ4v) is 3.13. The molecule has 2 N–H and O–H groups in total. The summed E-state index contributed by atoms with van der Waals surface area (Å²) in [5, 5.41) is 10.6. The van der Waals surface area contributed by atoms with E-state index in [1.807, 2.05) is 12.1 Å². The van der Waals surface area contributed by atoms with Crippen molar-refractivity contribution in [1.82, 2.24) is 20.7 Å². The minimum absolute atomic E-state index is 0. The highest BCUT2D eigenvalue weighted by atomic mass is 127. The highest BCUT2D eigenvalue weighted by Crippen LogP contribution is 2.24. The van der Waals surface area contributed by atoms with Gasteiger partial charge in [-0.25, -0.2) is 4.99 Å². The molecule has 8 heteroatoms. The second kappa shape index (κ2) is 11.2. The normalized spacial score (nSPS) is 16.7. The number of hydrogen-bond donors (Lipinski definition) is 2. The molecule has 26 heavy (non-hydrogen) atoms. The molecule has 2 aromatic rings. The summed E-state index contributed by atoms with van der Waals surface area (Å²) >= 11 is 0. The van der Waals surface area contributed by atoms with E-state index < -0.39 is 0 Å². The number of nitrogens with zero attached hydrogens (tertiary/aromatic N) is 3. The lowest BCUT2D eigenvalue weighted by atomic mass is 10.1. The highest BCUT2D eigenvalue weighted by Gasteiger charge is 2.24. The number of aliphatic imine (C=N–C) groups is 1. The maximum atomic E-state index is 5.70. The second-order valence-corrected chi connectivity index (χ2v) is 6.19. The molecular formula is C18H28IN5O2. The van der Waals surface area contributed by atoms with Crippen LogP contribution in [0.1, 0.15) is 43.7 Å². The molecule has 144 valence electrons. The maximum Gasteiger partial charge on any atom is 0.191 e. The van der Waals surface area contributed by atoms with Gasteiger partial charge in [-0.2, -0.15) is 0 Å². The van der Waals surface area contributed by atoms with E-state index in [9.17, 15) is 0 Å². The molecule has 3 rings (SSSR count). The molecule has 1 unspecified atom stereocenters. The van der Waals surface area contributed by atoms with Crippen LogP contribution in [0.15, 0.2) is 44.7 Å². The molecule has 1 atom stereocenters. The van der Waals surface area contributed by atoms with E-state index in [0.717, 1.165) is 43.6 Å². The minimum Gasteiger partial charge on any atom is -0.468 e. The Bertz CT molecular complexity index is 624. The second-order valence-electron chi connectivity index (χ2n) is 6.19. The van der Waals surface area contributed by atoms with Crippen molar-refractivity contribution in [2.24, 2.45) is 4.99 Å². The summed E-state index contributed by atoms with van der Waals surface area (Å²) in [4.78, 5) is 7.07. The third-order valence-electron chi connectivity index (χ3n) is 4.40. The van der Waals surface area contributed by atoms with Crippen LogP contribution in [0.4, 0.5) is 0 Å². The Morgan fingerprint density at radius 2 is 2.08 bits per heavy atom. The predicted molar refractivity (Wildman–Crippen MR) is 112 cm³/mol. The Morgan fingerprint density at radius 1 is 1.23 bits per heavy atom. The van der Waals surface area contributed by atoms with Crippen molar-refractivity contribution in [1.29, 1.82) is 0 Å². The Morgan fingerprint density at radius 3 is 2.73 bits per heavy atom. The Balaban J connectivity index is 0.00000243. The molecule has 0 bridgehead atoms. The highest BCUT2D eigenvalue weighted by molar-refractivity contribution is 14.0. The largest absolute Gasteiger partial charge is 0.468 e.